The third-order valence-corrected chi connectivity index (χ3v) is 5.42. The molecule has 0 radical (unpaired) electrons. The molecule has 0 aliphatic carbocycles. The molecule has 5 nitrogen and oxygen atoms in total. The number of nitrogens with one attached hydrogen (secondary N) is 1. The van der Waals surface area contributed by atoms with Crippen molar-refractivity contribution in [3.8, 4) is 0 Å². The zero-order valence-corrected chi connectivity index (χ0v) is 16.3. The van der Waals surface area contributed by atoms with E-state index in [-0.39, 0.29) is 18.3 Å². The van der Waals surface area contributed by atoms with Gasteiger partial charge in [0.1, 0.15) is 0 Å². The molecular formula is C20H27ClN4O. The SMILES string of the molecule is Cc1cc(C)n(Cc2cccc(C(=O)N3CCC4CCC(C3)N4)c2)n1.Cl. The second kappa shape index (κ2) is 7.80. The highest BCUT2D eigenvalue weighted by atomic mass is 35.5. The first-order chi connectivity index (χ1) is 12.1. The van der Waals surface area contributed by atoms with Crippen LogP contribution in [0.3, 0.4) is 0 Å². The molecule has 2 fully saturated rings. The van der Waals surface area contributed by atoms with Crippen LogP contribution in [0.2, 0.25) is 0 Å². The van der Waals surface area contributed by atoms with Crippen molar-refractivity contribution in [1.29, 1.82) is 0 Å². The number of aryl methyl sites for hydroxylation is 2. The van der Waals surface area contributed by atoms with E-state index in [0.717, 1.165) is 42.0 Å². The Kier molecular flexibility index (Phi) is 5.68. The zero-order valence-electron chi connectivity index (χ0n) is 15.4. The van der Waals surface area contributed by atoms with Crippen molar-refractivity contribution in [3.05, 3.63) is 52.8 Å². The number of halogens is 1. The highest BCUT2D eigenvalue weighted by molar-refractivity contribution is 5.94. The minimum Gasteiger partial charge on any atom is -0.337 e. The number of amides is 1. The van der Waals surface area contributed by atoms with Crippen LogP contribution in [0.4, 0.5) is 0 Å². The third-order valence-electron chi connectivity index (χ3n) is 5.42. The number of likely N-dealkylation sites (tertiary alicyclic amines) is 1. The van der Waals surface area contributed by atoms with Crippen molar-refractivity contribution in [2.24, 2.45) is 0 Å². The summed E-state index contributed by atoms with van der Waals surface area (Å²) in [5, 5.41) is 8.16. The number of rotatable bonds is 3. The monoisotopic (exact) mass is 374 g/mol. The molecule has 1 aromatic carbocycles. The number of aromatic nitrogens is 2. The lowest BCUT2D eigenvalue weighted by molar-refractivity contribution is 0.0748. The van der Waals surface area contributed by atoms with Crippen LogP contribution in [0.1, 0.15) is 46.6 Å². The lowest BCUT2D eigenvalue weighted by atomic mass is 10.1. The normalized spacial score (nSPS) is 22.0. The van der Waals surface area contributed by atoms with E-state index in [0.29, 0.717) is 18.6 Å². The molecule has 0 spiro atoms. The minimum atomic E-state index is 0. The van der Waals surface area contributed by atoms with E-state index in [1.165, 1.54) is 12.8 Å². The van der Waals surface area contributed by atoms with Gasteiger partial charge in [-0.15, -0.1) is 12.4 Å². The number of nitrogens with zero attached hydrogens (tertiary/aromatic N) is 3. The van der Waals surface area contributed by atoms with Crippen LogP contribution in [0, 0.1) is 13.8 Å². The molecule has 2 saturated heterocycles. The van der Waals surface area contributed by atoms with Crippen molar-refractivity contribution in [3.63, 3.8) is 0 Å². The Morgan fingerprint density at radius 2 is 2.00 bits per heavy atom. The van der Waals surface area contributed by atoms with Gasteiger partial charge in [-0.1, -0.05) is 12.1 Å². The molecule has 2 bridgehead atoms. The summed E-state index contributed by atoms with van der Waals surface area (Å²) in [5.74, 6) is 0.157. The van der Waals surface area contributed by atoms with Gasteiger partial charge in [-0.2, -0.15) is 5.10 Å². The fourth-order valence-electron chi connectivity index (χ4n) is 4.12. The molecule has 26 heavy (non-hydrogen) atoms. The molecule has 2 aromatic rings. The molecule has 2 aliphatic rings. The molecule has 1 N–H and O–H groups in total. The molecule has 2 atom stereocenters. The predicted molar refractivity (Wildman–Crippen MR) is 105 cm³/mol. The summed E-state index contributed by atoms with van der Waals surface area (Å²) < 4.78 is 1.99. The molecular weight excluding hydrogens is 348 g/mol. The largest absolute Gasteiger partial charge is 0.337 e. The molecule has 2 unspecified atom stereocenters. The third kappa shape index (κ3) is 3.94. The maximum atomic E-state index is 13.0. The van der Waals surface area contributed by atoms with E-state index in [1.807, 2.05) is 34.7 Å². The number of fused-ring (bicyclic) bond motifs is 2. The summed E-state index contributed by atoms with van der Waals surface area (Å²) in [6, 6.07) is 11.2. The second-order valence-electron chi connectivity index (χ2n) is 7.46. The van der Waals surface area contributed by atoms with Crippen molar-refractivity contribution in [1.82, 2.24) is 20.0 Å². The standard InChI is InChI=1S/C20H26N4O.ClH/c1-14-10-15(2)24(22-14)12-16-4-3-5-17(11-16)20(25)23-9-8-18-6-7-19(13-23)21-18;/h3-5,10-11,18-19,21H,6-9,12-13H2,1-2H3;1H. The van der Waals surface area contributed by atoms with Crippen molar-refractivity contribution in [2.75, 3.05) is 13.1 Å². The number of hydrogen-bond donors (Lipinski definition) is 1. The first-order valence-electron chi connectivity index (χ1n) is 9.24. The number of carbonyl (C=O) groups excluding carboxylic acids is 1. The lowest BCUT2D eigenvalue weighted by Gasteiger charge is -2.24. The highest BCUT2D eigenvalue weighted by Gasteiger charge is 2.31. The van der Waals surface area contributed by atoms with Crippen LogP contribution < -0.4 is 5.32 Å². The van der Waals surface area contributed by atoms with Gasteiger partial charge < -0.3 is 10.2 Å². The van der Waals surface area contributed by atoms with Crippen molar-refractivity contribution >= 4 is 18.3 Å². The topological polar surface area (TPSA) is 50.2 Å². The first kappa shape index (κ1) is 18.9. The maximum Gasteiger partial charge on any atom is 0.253 e. The Morgan fingerprint density at radius 1 is 1.19 bits per heavy atom. The van der Waals surface area contributed by atoms with E-state index < -0.39 is 0 Å². The van der Waals surface area contributed by atoms with E-state index in [9.17, 15) is 4.79 Å². The van der Waals surface area contributed by atoms with Gasteiger partial charge in [0, 0.05) is 36.4 Å². The fraction of sp³-hybridized carbons (Fsp3) is 0.500. The molecule has 0 saturated carbocycles. The van der Waals surface area contributed by atoms with Gasteiger partial charge in [-0.3, -0.25) is 9.48 Å². The van der Waals surface area contributed by atoms with Crippen LogP contribution in [0.25, 0.3) is 0 Å². The van der Waals surface area contributed by atoms with E-state index in [2.05, 4.69) is 29.5 Å². The molecule has 140 valence electrons. The van der Waals surface area contributed by atoms with Gasteiger partial charge in [0.2, 0.25) is 0 Å². The van der Waals surface area contributed by atoms with Crippen LogP contribution in [0.5, 0.6) is 0 Å². The minimum absolute atomic E-state index is 0. The van der Waals surface area contributed by atoms with E-state index in [4.69, 9.17) is 0 Å². The second-order valence-corrected chi connectivity index (χ2v) is 7.46. The molecule has 2 aliphatic heterocycles. The van der Waals surface area contributed by atoms with E-state index in [1.54, 1.807) is 0 Å². The van der Waals surface area contributed by atoms with Gasteiger partial charge in [0.25, 0.3) is 5.91 Å². The highest BCUT2D eigenvalue weighted by Crippen LogP contribution is 2.22. The quantitative estimate of drug-likeness (QED) is 0.898. The Labute approximate surface area is 161 Å². The zero-order chi connectivity index (χ0) is 17.4. The lowest BCUT2D eigenvalue weighted by Crippen LogP contribution is -2.39. The molecule has 4 rings (SSSR count). The number of hydrogen-bond acceptors (Lipinski definition) is 3. The summed E-state index contributed by atoms with van der Waals surface area (Å²) in [6.07, 6.45) is 3.50. The van der Waals surface area contributed by atoms with Crippen LogP contribution >= 0.6 is 12.4 Å². The van der Waals surface area contributed by atoms with Crippen molar-refractivity contribution in [2.45, 2.75) is 51.7 Å². The molecule has 3 heterocycles. The Bertz CT molecular complexity index is 788. The van der Waals surface area contributed by atoms with Gasteiger partial charge in [0.05, 0.1) is 12.2 Å². The summed E-state index contributed by atoms with van der Waals surface area (Å²) in [6.45, 7) is 6.46. The Hall–Kier alpha value is -1.85. The maximum absolute atomic E-state index is 13.0. The van der Waals surface area contributed by atoms with Crippen LogP contribution in [0.15, 0.2) is 30.3 Å². The number of benzene rings is 1. The molecule has 1 amide bonds. The molecule has 1 aromatic heterocycles. The summed E-state index contributed by atoms with van der Waals surface area (Å²) in [7, 11) is 0. The molecule has 6 heteroatoms. The average Bonchev–Trinajstić information content (AvgIpc) is 3.08. The van der Waals surface area contributed by atoms with Gasteiger partial charge in [-0.05, 0) is 56.9 Å². The summed E-state index contributed by atoms with van der Waals surface area (Å²) in [4.78, 5) is 15.0. The summed E-state index contributed by atoms with van der Waals surface area (Å²) >= 11 is 0. The predicted octanol–water partition coefficient (Wildman–Crippen LogP) is 2.94. The van der Waals surface area contributed by atoms with Gasteiger partial charge in [0.15, 0.2) is 0 Å². The summed E-state index contributed by atoms with van der Waals surface area (Å²) in [5.41, 5.74) is 4.07. The van der Waals surface area contributed by atoms with Crippen LogP contribution in [-0.2, 0) is 6.54 Å². The van der Waals surface area contributed by atoms with Crippen LogP contribution in [-0.4, -0.2) is 45.8 Å². The first-order valence-corrected chi connectivity index (χ1v) is 9.24. The Balaban J connectivity index is 0.00000196. The Morgan fingerprint density at radius 3 is 2.77 bits per heavy atom. The number of carbonyl (C=O) groups is 1. The average molecular weight is 375 g/mol. The smallest absolute Gasteiger partial charge is 0.253 e. The van der Waals surface area contributed by atoms with Gasteiger partial charge in [-0.25, -0.2) is 0 Å². The fourth-order valence-corrected chi connectivity index (χ4v) is 4.12. The van der Waals surface area contributed by atoms with Crippen molar-refractivity contribution < 1.29 is 4.79 Å². The van der Waals surface area contributed by atoms with Gasteiger partial charge >= 0.3 is 0 Å². The van der Waals surface area contributed by atoms with E-state index >= 15 is 0 Å².